The SMILES string of the molecule is CN(c1ccccc1C(=O)Nc1cccc(NC(=O)c2ccc(C(C)(C)C)cc2)c1)S(=O)(=O)c1ccccc1. The number of carbonyl (C=O) groups excluding carboxylic acids is 2. The van der Waals surface area contributed by atoms with Crippen molar-refractivity contribution >= 4 is 38.9 Å². The summed E-state index contributed by atoms with van der Waals surface area (Å²) in [6.07, 6.45) is 0. The lowest BCUT2D eigenvalue weighted by Gasteiger charge is -2.22. The Morgan fingerprint density at radius 2 is 1.26 bits per heavy atom. The van der Waals surface area contributed by atoms with Crippen LogP contribution in [-0.2, 0) is 15.4 Å². The number of para-hydroxylation sites is 1. The molecule has 0 atom stereocenters. The van der Waals surface area contributed by atoms with E-state index in [1.807, 2.05) is 12.1 Å². The van der Waals surface area contributed by atoms with E-state index in [0.717, 1.165) is 9.87 Å². The maximum absolute atomic E-state index is 13.3. The first-order chi connectivity index (χ1) is 18.5. The Kier molecular flexibility index (Phi) is 7.88. The lowest BCUT2D eigenvalue weighted by atomic mass is 9.87. The van der Waals surface area contributed by atoms with Gasteiger partial charge in [0.2, 0.25) is 0 Å². The second-order valence-electron chi connectivity index (χ2n) is 10.1. The van der Waals surface area contributed by atoms with Crippen molar-refractivity contribution in [1.82, 2.24) is 0 Å². The van der Waals surface area contributed by atoms with E-state index in [1.165, 1.54) is 19.2 Å². The minimum absolute atomic E-state index is 0.0132. The normalized spacial score (nSPS) is 11.5. The molecule has 8 heteroatoms. The minimum atomic E-state index is -3.87. The van der Waals surface area contributed by atoms with E-state index in [9.17, 15) is 18.0 Å². The number of rotatable bonds is 7. The van der Waals surface area contributed by atoms with Gasteiger partial charge in [0.25, 0.3) is 21.8 Å². The Balaban J connectivity index is 1.51. The van der Waals surface area contributed by atoms with Gasteiger partial charge >= 0.3 is 0 Å². The van der Waals surface area contributed by atoms with Crippen LogP contribution in [0, 0.1) is 0 Å². The molecular weight excluding hydrogens is 510 g/mol. The van der Waals surface area contributed by atoms with Gasteiger partial charge in [-0.15, -0.1) is 0 Å². The van der Waals surface area contributed by atoms with E-state index in [1.54, 1.807) is 78.9 Å². The molecule has 0 saturated heterocycles. The van der Waals surface area contributed by atoms with Gasteiger partial charge < -0.3 is 10.6 Å². The summed E-state index contributed by atoms with van der Waals surface area (Å²) in [4.78, 5) is 26.2. The Morgan fingerprint density at radius 3 is 1.87 bits per heavy atom. The molecule has 4 aromatic carbocycles. The van der Waals surface area contributed by atoms with Gasteiger partial charge in [0, 0.05) is 24.0 Å². The van der Waals surface area contributed by atoms with Gasteiger partial charge in [0.15, 0.2) is 0 Å². The molecule has 0 aromatic heterocycles. The molecule has 0 radical (unpaired) electrons. The van der Waals surface area contributed by atoms with Gasteiger partial charge in [0.05, 0.1) is 16.1 Å². The summed E-state index contributed by atoms with van der Waals surface area (Å²) in [5.41, 5.74) is 3.02. The fourth-order valence-electron chi connectivity index (χ4n) is 4.02. The zero-order valence-corrected chi connectivity index (χ0v) is 23.1. The average molecular weight is 542 g/mol. The maximum Gasteiger partial charge on any atom is 0.264 e. The highest BCUT2D eigenvalue weighted by Gasteiger charge is 2.25. The molecule has 0 aliphatic rings. The lowest BCUT2D eigenvalue weighted by Crippen LogP contribution is -2.29. The topological polar surface area (TPSA) is 95.6 Å². The summed E-state index contributed by atoms with van der Waals surface area (Å²) < 4.78 is 27.4. The van der Waals surface area contributed by atoms with Gasteiger partial charge in [-0.3, -0.25) is 13.9 Å². The highest BCUT2D eigenvalue weighted by Crippen LogP contribution is 2.27. The Labute approximate surface area is 229 Å². The van der Waals surface area contributed by atoms with Gasteiger partial charge in [-0.1, -0.05) is 69.3 Å². The molecule has 0 heterocycles. The zero-order chi connectivity index (χ0) is 28.2. The third-order valence-corrected chi connectivity index (χ3v) is 8.07. The van der Waals surface area contributed by atoms with Gasteiger partial charge in [0.1, 0.15) is 0 Å². The van der Waals surface area contributed by atoms with Gasteiger partial charge in [-0.25, -0.2) is 8.42 Å². The lowest BCUT2D eigenvalue weighted by molar-refractivity contribution is 0.101. The van der Waals surface area contributed by atoms with Crippen LogP contribution in [0.25, 0.3) is 0 Å². The van der Waals surface area contributed by atoms with Crippen LogP contribution < -0.4 is 14.9 Å². The molecular formula is C31H31N3O4S. The predicted molar refractivity (Wildman–Crippen MR) is 156 cm³/mol. The zero-order valence-electron chi connectivity index (χ0n) is 22.3. The van der Waals surface area contributed by atoms with Crippen molar-refractivity contribution in [1.29, 1.82) is 0 Å². The molecule has 0 fully saturated rings. The molecule has 2 amide bonds. The highest BCUT2D eigenvalue weighted by molar-refractivity contribution is 7.92. The molecule has 0 unspecified atom stereocenters. The average Bonchev–Trinajstić information content (AvgIpc) is 2.93. The number of nitrogens with zero attached hydrogens (tertiary/aromatic N) is 1. The standard InChI is InChI=1S/C31H31N3O4S/c1-31(2,3)23-19-17-22(18-20-23)29(35)32-24-11-10-12-25(21-24)33-30(36)27-15-8-9-16-28(27)34(4)39(37,38)26-13-6-5-7-14-26/h5-21H,1-4H3,(H,32,35)(H,33,36). The Morgan fingerprint density at radius 1 is 0.692 bits per heavy atom. The van der Waals surface area contributed by atoms with Crippen LogP contribution in [0.1, 0.15) is 47.1 Å². The molecule has 0 saturated carbocycles. The summed E-state index contributed by atoms with van der Waals surface area (Å²) in [5, 5.41) is 5.67. The van der Waals surface area contributed by atoms with E-state index in [-0.39, 0.29) is 27.5 Å². The summed E-state index contributed by atoms with van der Waals surface area (Å²) in [6.45, 7) is 6.33. The van der Waals surface area contributed by atoms with Crippen LogP contribution in [0.4, 0.5) is 17.1 Å². The third-order valence-electron chi connectivity index (χ3n) is 6.28. The number of amides is 2. The van der Waals surface area contributed by atoms with Crippen LogP contribution in [0.2, 0.25) is 0 Å². The fraction of sp³-hybridized carbons (Fsp3) is 0.161. The first-order valence-electron chi connectivity index (χ1n) is 12.4. The molecule has 4 aromatic rings. The minimum Gasteiger partial charge on any atom is -0.322 e. The molecule has 2 N–H and O–H groups in total. The van der Waals surface area contributed by atoms with E-state index >= 15 is 0 Å². The monoisotopic (exact) mass is 541 g/mol. The predicted octanol–water partition coefficient (Wildman–Crippen LogP) is 6.31. The molecule has 4 rings (SSSR count). The van der Waals surface area contributed by atoms with E-state index in [0.29, 0.717) is 16.9 Å². The number of anilines is 3. The van der Waals surface area contributed by atoms with Crippen LogP contribution in [0.5, 0.6) is 0 Å². The van der Waals surface area contributed by atoms with Crippen LogP contribution in [0.15, 0.2) is 108 Å². The van der Waals surface area contributed by atoms with Gasteiger partial charge in [-0.2, -0.15) is 0 Å². The Bertz CT molecular complexity index is 1590. The quantitative estimate of drug-likeness (QED) is 0.286. The molecule has 7 nitrogen and oxygen atoms in total. The summed E-state index contributed by atoms with van der Waals surface area (Å²) in [6, 6.07) is 28.8. The molecule has 0 aliphatic heterocycles. The van der Waals surface area contributed by atoms with Crippen molar-refractivity contribution in [3.8, 4) is 0 Å². The van der Waals surface area contributed by atoms with Crippen molar-refractivity contribution in [3.63, 3.8) is 0 Å². The number of carbonyl (C=O) groups is 2. The first kappa shape index (κ1) is 27.6. The number of benzene rings is 4. The third kappa shape index (κ3) is 6.35. The van der Waals surface area contributed by atoms with Crippen molar-refractivity contribution < 1.29 is 18.0 Å². The van der Waals surface area contributed by atoms with Crippen LogP contribution in [-0.4, -0.2) is 27.3 Å². The Hall–Kier alpha value is -4.43. The second-order valence-corrected chi connectivity index (χ2v) is 12.1. The smallest absolute Gasteiger partial charge is 0.264 e. The number of hydrogen-bond donors (Lipinski definition) is 2. The molecule has 0 bridgehead atoms. The second kappa shape index (κ2) is 11.1. The largest absolute Gasteiger partial charge is 0.322 e. The molecule has 200 valence electrons. The van der Waals surface area contributed by atoms with Crippen LogP contribution in [0.3, 0.4) is 0 Å². The molecule has 0 aliphatic carbocycles. The van der Waals surface area contributed by atoms with Gasteiger partial charge in [-0.05, 0) is 65.6 Å². The van der Waals surface area contributed by atoms with Crippen LogP contribution >= 0.6 is 0 Å². The van der Waals surface area contributed by atoms with E-state index in [2.05, 4.69) is 31.4 Å². The molecule has 39 heavy (non-hydrogen) atoms. The summed E-state index contributed by atoms with van der Waals surface area (Å²) >= 11 is 0. The highest BCUT2D eigenvalue weighted by atomic mass is 32.2. The van der Waals surface area contributed by atoms with E-state index in [4.69, 9.17) is 0 Å². The van der Waals surface area contributed by atoms with Crippen molar-refractivity contribution in [2.45, 2.75) is 31.1 Å². The first-order valence-corrected chi connectivity index (χ1v) is 13.9. The van der Waals surface area contributed by atoms with Crippen molar-refractivity contribution in [3.05, 3.63) is 120 Å². The van der Waals surface area contributed by atoms with E-state index < -0.39 is 15.9 Å². The number of hydrogen-bond acceptors (Lipinski definition) is 4. The number of sulfonamides is 1. The van der Waals surface area contributed by atoms with Crippen molar-refractivity contribution in [2.24, 2.45) is 0 Å². The van der Waals surface area contributed by atoms with Crippen molar-refractivity contribution in [2.75, 3.05) is 22.0 Å². The molecule has 0 spiro atoms. The maximum atomic E-state index is 13.3. The fourth-order valence-corrected chi connectivity index (χ4v) is 5.25. The number of nitrogens with one attached hydrogen (secondary N) is 2. The summed E-state index contributed by atoms with van der Waals surface area (Å²) in [7, 11) is -2.46. The summed E-state index contributed by atoms with van der Waals surface area (Å²) in [5.74, 6) is -0.751.